The zero-order chi connectivity index (χ0) is 15.4. The summed E-state index contributed by atoms with van der Waals surface area (Å²) >= 11 is 5.91. The molecule has 0 unspecified atom stereocenters. The number of hydrogen-bond donors (Lipinski definition) is 0. The average molecular weight is 308 g/mol. The standard InChI is InChI=1S/C15H18ClN3O2/c1-10(2)7-19-15(17-9-18-19)8-21-14-5-4-12(16)6-13(14)11(3)20/h4-6,9-10H,7-8H2,1-3H3. The Bertz CT molecular complexity index is 638. The van der Waals surface area contributed by atoms with Gasteiger partial charge in [-0.15, -0.1) is 0 Å². The third-order valence-corrected chi connectivity index (χ3v) is 3.15. The molecule has 0 aliphatic carbocycles. The second-order valence-corrected chi connectivity index (χ2v) is 5.67. The molecule has 0 aliphatic rings. The summed E-state index contributed by atoms with van der Waals surface area (Å²) in [4.78, 5) is 15.8. The van der Waals surface area contributed by atoms with Crippen LogP contribution in [-0.2, 0) is 13.2 Å². The molecule has 6 heteroatoms. The van der Waals surface area contributed by atoms with Gasteiger partial charge < -0.3 is 4.74 Å². The second kappa shape index (κ2) is 6.72. The van der Waals surface area contributed by atoms with Crippen molar-refractivity contribution >= 4 is 17.4 Å². The van der Waals surface area contributed by atoms with Crippen LogP contribution in [0.25, 0.3) is 0 Å². The van der Waals surface area contributed by atoms with E-state index in [1.54, 1.807) is 18.2 Å². The number of ketones is 1. The average Bonchev–Trinajstić information content (AvgIpc) is 2.83. The quantitative estimate of drug-likeness (QED) is 0.768. The van der Waals surface area contributed by atoms with Crippen LogP contribution < -0.4 is 4.74 Å². The number of carbonyl (C=O) groups is 1. The normalized spacial score (nSPS) is 10.9. The van der Waals surface area contributed by atoms with Crippen LogP contribution in [0.3, 0.4) is 0 Å². The predicted octanol–water partition coefficient (Wildman–Crippen LogP) is 3.37. The monoisotopic (exact) mass is 307 g/mol. The molecule has 1 heterocycles. The van der Waals surface area contributed by atoms with Crippen LogP contribution in [0.2, 0.25) is 5.02 Å². The van der Waals surface area contributed by atoms with Crippen molar-refractivity contribution in [3.8, 4) is 5.75 Å². The van der Waals surface area contributed by atoms with E-state index in [1.165, 1.54) is 13.3 Å². The van der Waals surface area contributed by atoms with Crippen LogP contribution in [0, 0.1) is 5.92 Å². The Balaban J connectivity index is 2.14. The van der Waals surface area contributed by atoms with Crippen LogP contribution in [0.4, 0.5) is 0 Å². The lowest BCUT2D eigenvalue weighted by Gasteiger charge is -2.11. The molecule has 2 rings (SSSR count). The van der Waals surface area contributed by atoms with Gasteiger partial charge in [0, 0.05) is 11.6 Å². The van der Waals surface area contributed by atoms with Crippen molar-refractivity contribution in [2.24, 2.45) is 5.92 Å². The van der Waals surface area contributed by atoms with Gasteiger partial charge in [0.05, 0.1) is 5.56 Å². The molecule has 21 heavy (non-hydrogen) atoms. The largest absolute Gasteiger partial charge is 0.485 e. The summed E-state index contributed by atoms with van der Waals surface area (Å²) in [5.41, 5.74) is 0.470. The number of Topliss-reactive ketones (excluding diaryl/α,β-unsaturated/α-hetero) is 1. The van der Waals surface area contributed by atoms with Crippen LogP contribution in [0.1, 0.15) is 37.0 Å². The molecule has 1 aromatic carbocycles. The molecule has 0 spiro atoms. The van der Waals surface area contributed by atoms with Gasteiger partial charge in [0.25, 0.3) is 0 Å². The highest BCUT2D eigenvalue weighted by Gasteiger charge is 2.12. The van der Waals surface area contributed by atoms with E-state index in [-0.39, 0.29) is 12.4 Å². The first-order chi connectivity index (χ1) is 9.97. The maximum absolute atomic E-state index is 11.6. The number of hydrogen-bond acceptors (Lipinski definition) is 4. The molecule has 2 aromatic rings. The Morgan fingerprint density at radius 1 is 1.43 bits per heavy atom. The molecule has 0 saturated heterocycles. The first kappa shape index (κ1) is 15.5. The minimum absolute atomic E-state index is 0.0869. The summed E-state index contributed by atoms with van der Waals surface area (Å²) in [6.07, 6.45) is 1.51. The highest BCUT2D eigenvalue weighted by Crippen LogP contribution is 2.24. The SMILES string of the molecule is CC(=O)c1cc(Cl)ccc1OCc1ncnn1CC(C)C. The molecule has 0 N–H and O–H groups in total. The molecule has 0 amide bonds. The summed E-state index contributed by atoms with van der Waals surface area (Å²) in [6.45, 7) is 6.74. The fraction of sp³-hybridized carbons (Fsp3) is 0.400. The highest BCUT2D eigenvalue weighted by atomic mass is 35.5. The third-order valence-electron chi connectivity index (χ3n) is 2.91. The van der Waals surface area contributed by atoms with E-state index in [1.807, 2.05) is 4.68 Å². The third kappa shape index (κ3) is 4.04. The lowest BCUT2D eigenvalue weighted by Crippen LogP contribution is -2.13. The first-order valence-electron chi connectivity index (χ1n) is 6.77. The van der Waals surface area contributed by atoms with Crippen LogP contribution in [0.15, 0.2) is 24.5 Å². The molecular formula is C15H18ClN3O2. The minimum Gasteiger partial charge on any atom is -0.485 e. The number of ether oxygens (including phenoxy) is 1. The molecule has 0 fully saturated rings. The maximum Gasteiger partial charge on any atom is 0.164 e. The fourth-order valence-corrected chi connectivity index (χ4v) is 2.12. The van der Waals surface area contributed by atoms with Gasteiger partial charge in [0.15, 0.2) is 11.6 Å². The lowest BCUT2D eigenvalue weighted by atomic mass is 10.1. The van der Waals surface area contributed by atoms with Gasteiger partial charge in [0.1, 0.15) is 18.7 Å². The Hall–Kier alpha value is -1.88. The topological polar surface area (TPSA) is 57.0 Å². The van der Waals surface area contributed by atoms with Crippen molar-refractivity contribution in [3.05, 3.63) is 40.9 Å². The van der Waals surface area contributed by atoms with Crippen LogP contribution in [-0.4, -0.2) is 20.5 Å². The summed E-state index contributed by atoms with van der Waals surface area (Å²) in [7, 11) is 0. The van der Waals surface area contributed by atoms with Gasteiger partial charge in [-0.3, -0.25) is 4.79 Å². The Morgan fingerprint density at radius 3 is 2.86 bits per heavy atom. The van der Waals surface area contributed by atoms with E-state index in [9.17, 15) is 4.79 Å². The van der Waals surface area contributed by atoms with Crippen molar-refractivity contribution in [1.29, 1.82) is 0 Å². The molecular weight excluding hydrogens is 290 g/mol. The molecule has 5 nitrogen and oxygen atoms in total. The van der Waals surface area contributed by atoms with E-state index in [0.717, 1.165) is 12.4 Å². The van der Waals surface area contributed by atoms with Gasteiger partial charge in [-0.1, -0.05) is 25.4 Å². The maximum atomic E-state index is 11.6. The number of nitrogens with zero attached hydrogens (tertiary/aromatic N) is 3. The van der Waals surface area contributed by atoms with Gasteiger partial charge in [-0.2, -0.15) is 5.10 Å². The molecule has 1 aromatic heterocycles. The molecule has 0 radical (unpaired) electrons. The zero-order valence-corrected chi connectivity index (χ0v) is 13.1. The molecule has 0 bridgehead atoms. The van der Waals surface area contributed by atoms with E-state index < -0.39 is 0 Å². The first-order valence-corrected chi connectivity index (χ1v) is 7.15. The van der Waals surface area contributed by atoms with Gasteiger partial charge in [0.2, 0.25) is 0 Å². The number of halogens is 1. The number of benzene rings is 1. The Labute approximate surface area is 128 Å². The van der Waals surface area contributed by atoms with Crippen molar-refractivity contribution in [2.45, 2.75) is 33.9 Å². The molecule has 0 atom stereocenters. The van der Waals surface area contributed by atoms with E-state index in [4.69, 9.17) is 16.3 Å². The van der Waals surface area contributed by atoms with E-state index in [2.05, 4.69) is 23.9 Å². The molecule has 0 saturated carbocycles. The van der Waals surface area contributed by atoms with Crippen molar-refractivity contribution in [1.82, 2.24) is 14.8 Å². The second-order valence-electron chi connectivity index (χ2n) is 5.24. The van der Waals surface area contributed by atoms with Crippen LogP contribution >= 0.6 is 11.6 Å². The number of aromatic nitrogens is 3. The number of carbonyl (C=O) groups excluding carboxylic acids is 1. The van der Waals surface area contributed by atoms with Gasteiger partial charge in [-0.25, -0.2) is 9.67 Å². The van der Waals surface area contributed by atoms with Gasteiger partial charge >= 0.3 is 0 Å². The zero-order valence-electron chi connectivity index (χ0n) is 12.3. The van der Waals surface area contributed by atoms with Crippen molar-refractivity contribution in [2.75, 3.05) is 0 Å². The smallest absolute Gasteiger partial charge is 0.164 e. The summed E-state index contributed by atoms with van der Waals surface area (Å²) in [5.74, 6) is 1.61. The van der Waals surface area contributed by atoms with E-state index in [0.29, 0.717) is 22.3 Å². The lowest BCUT2D eigenvalue weighted by molar-refractivity contribution is 0.101. The fourth-order valence-electron chi connectivity index (χ4n) is 1.94. The summed E-state index contributed by atoms with van der Waals surface area (Å²) in [5, 5.41) is 4.69. The van der Waals surface area contributed by atoms with E-state index >= 15 is 0 Å². The summed E-state index contributed by atoms with van der Waals surface area (Å²) < 4.78 is 7.53. The minimum atomic E-state index is -0.0869. The Kier molecular flexibility index (Phi) is 4.96. The number of rotatable bonds is 6. The highest BCUT2D eigenvalue weighted by molar-refractivity contribution is 6.31. The predicted molar refractivity (Wildman–Crippen MR) is 80.6 cm³/mol. The molecule has 0 aliphatic heterocycles. The summed E-state index contributed by atoms with van der Waals surface area (Å²) in [6, 6.07) is 5.00. The van der Waals surface area contributed by atoms with Gasteiger partial charge in [-0.05, 0) is 31.0 Å². The van der Waals surface area contributed by atoms with Crippen LogP contribution in [0.5, 0.6) is 5.75 Å². The van der Waals surface area contributed by atoms with Crippen molar-refractivity contribution < 1.29 is 9.53 Å². The molecule has 112 valence electrons. The van der Waals surface area contributed by atoms with Crippen molar-refractivity contribution in [3.63, 3.8) is 0 Å². The Morgan fingerprint density at radius 2 is 2.19 bits per heavy atom.